The fourth-order valence-electron chi connectivity index (χ4n) is 3.01. The molecule has 120 valence electrons. The van der Waals surface area contributed by atoms with Crippen molar-refractivity contribution in [1.82, 2.24) is 15.0 Å². The monoisotopic (exact) mass is 322 g/mol. The van der Waals surface area contributed by atoms with Gasteiger partial charge in [0.25, 0.3) is 0 Å². The Morgan fingerprint density at radius 2 is 2.09 bits per heavy atom. The molecule has 1 fully saturated rings. The van der Waals surface area contributed by atoms with Crippen LogP contribution in [-0.4, -0.2) is 33.7 Å². The van der Waals surface area contributed by atoms with E-state index in [1.54, 1.807) is 0 Å². The van der Waals surface area contributed by atoms with Gasteiger partial charge >= 0.3 is 0 Å². The van der Waals surface area contributed by atoms with Gasteiger partial charge in [0.1, 0.15) is 0 Å². The first-order chi connectivity index (χ1) is 10.2. The Morgan fingerprint density at radius 3 is 2.82 bits per heavy atom. The second-order valence-corrected chi connectivity index (χ2v) is 5.77. The van der Waals surface area contributed by atoms with Gasteiger partial charge in [-0.2, -0.15) is 4.98 Å². The van der Waals surface area contributed by atoms with Gasteiger partial charge in [0.15, 0.2) is 0 Å². The third kappa shape index (κ3) is 3.85. The van der Waals surface area contributed by atoms with Crippen molar-refractivity contribution in [2.75, 3.05) is 6.54 Å². The first-order valence-corrected chi connectivity index (χ1v) is 7.61. The van der Waals surface area contributed by atoms with Crippen LogP contribution in [0.3, 0.4) is 0 Å². The third-order valence-corrected chi connectivity index (χ3v) is 4.11. The highest BCUT2D eigenvalue weighted by atomic mass is 35.5. The lowest BCUT2D eigenvalue weighted by Crippen LogP contribution is -2.48. The Bertz CT molecular complexity index is 573. The molecule has 2 heterocycles. The van der Waals surface area contributed by atoms with Gasteiger partial charge in [-0.05, 0) is 26.3 Å². The molecule has 2 aromatic rings. The highest BCUT2D eigenvalue weighted by molar-refractivity contribution is 5.85. The van der Waals surface area contributed by atoms with Crippen molar-refractivity contribution < 1.29 is 4.52 Å². The van der Waals surface area contributed by atoms with Crippen LogP contribution in [0, 0.1) is 0 Å². The molecule has 22 heavy (non-hydrogen) atoms. The Morgan fingerprint density at radius 1 is 1.32 bits per heavy atom. The minimum atomic E-state index is 0. The molecule has 0 amide bonds. The average molecular weight is 323 g/mol. The lowest BCUT2D eigenvalue weighted by molar-refractivity contribution is 0.109. The Hall–Kier alpha value is -1.43. The molecule has 1 aliphatic heterocycles. The van der Waals surface area contributed by atoms with E-state index < -0.39 is 0 Å². The summed E-state index contributed by atoms with van der Waals surface area (Å²) >= 11 is 0. The van der Waals surface area contributed by atoms with E-state index in [2.05, 4.69) is 22.0 Å². The summed E-state index contributed by atoms with van der Waals surface area (Å²) in [5, 5.41) is 4.08. The molecule has 2 unspecified atom stereocenters. The molecule has 1 aliphatic rings. The van der Waals surface area contributed by atoms with Gasteiger partial charge in [0.05, 0.1) is 6.54 Å². The van der Waals surface area contributed by atoms with Crippen molar-refractivity contribution in [3.8, 4) is 11.4 Å². The predicted molar refractivity (Wildman–Crippen MR) is 88.7 cm³/mol. The second-order valence-electron chi connectivity index (χ2n) is 5.77. The first-order valence-electron chi connectivity index (χ1n) is 7.61. The van der Waals surface area contributed by atoms with Crippen molar-refractivity contribution in [1.29, 1.82) is 0 Å². The summed E-state index contributed by atoms with van der Waals surface area (Å²) < 4.78 is 5.41. The summed E-state index contributed by atoms with van der Waals surface area (Å²) in [6.07, 6.45) is 3.61. The van der Waals surface area contributed by atoms with Crippen LogP contribution in [0.1, 0.15) is 32.1 Å². The van der Waals surface area contributed by atoms with Crippen LogP contribution < -0.4 is 5.73 Å². The van der Waals surface area contributed by atoms with Crippen LogP contribution in [0.15, 0.2) is 34.9 Å². The van der Waals surface area contributed by atoms with Gasteiger partial charge in [-0.25, -0.2) is 0 Å². The molecular formula is C16H23ClN4O. The fourth-order valence-corrected chi connectivity index (χ4v) is 3.01. The van der Waals surface area contributed by atoms with E-state index >= 15 is 0 Å². The molecule has 0 bridgehead atoms. The van der Waals surface area contributed by atoms with Crippen molar-refractivity contribution in [2.45, 2.75) is 44.8 Å². The zero-order chi connectivity index (χ0) is 14.7. The molecule has 0 aliphatic carbocycles. The van der Waals surface area contributed by atoms with E-state index in [-0.39, 0.29) is 18.4 Å². The van der Waals surface area contributed by atoms with E-state index in [1.165, 1.54) is 12.8 Å². The SMILES string of the molecule is CC(N)C1CCCCN1Cc1nc(-c2ccccc2)no1.Cl. The summed E-state index contributed by atoms with van der Waals surface area (Å²) in [4.78, 5) is 6.88. The highest BCUT2D eigenvalue weighted by Crippen LogP contribution is 2.22. The smallest absolute Gasteiger partial charge is 0.241 e. The molecule has 0 radical (unpaired) electrons. The van der Waals surface area contributed by atoms with E-state index in [0.29, 0.717) is 24.3 Å². The number of benzene rings is 1. The number of nitrogens with zero attached hydrogens (tertiary/aromatic N) is 3. The molecule has 0 saturated carbocycles. The Labute approximate surface area is 137 Å². The summed E-state index contributed by atoms with van der Waals surface area (Å²) in [5.74, 6) is 1.32. The van der Waals surface area contributed by atoms with Crippen LogP contribution in [0.25, 0.3) is 11.4 Å². The summed E-state index contributed by atoms with van der Waals surface area (Å²) in [5.41, 5.74) is 7.08. The average Bonchev–Trinajstić information content (AvgIpc) is 2.97. The summed E-state index contributed by atoms with van der Waals surface area (Å²) in [6, 6.07) is 10.5. The van der Waals surface area contributed by atoms with Gasteiger partial charge in [0.2, 0.25) is 11.7 Å². The summed E-state index contributed by atoms with van der Waals surface area (Å²) in [6.45, 7) is 3.81. The van der Waals surface area contributed by atoms with Crippen LogP contribution in [0.2, 0.25) is 0 Å². The molecule has 2 atom stereocenters. The molecular weight excluding hydrogens is 300 g/mol. The lowest BCUT2D eigenvalue weighted by atomic mass is 9.97. The number of nitrogens with two attached hydrogens (primary N) is 1. The first kappa shape index (κ1) is 16.9. The van der Waals surface area contributed by atoms with Gasteiger partial charge in [-0.15, -0.1) is 12.4 Å². The Balaban J connectivity index is 0.00000176. The highest BCUT2D eigenvalue weighted by Gasteiger charge is 2.26. The normalized spacial score (nSPS) is 20.4. The quantitative estimate of drug-likeness (QED) is 0.937. The zero-order valence-electron chi connectivity index (χ0n) is 12.8. The number of halogens is 1. The molecule has 1 aromatic carbocycles. The number of hydrogen-bond donors (Lipinski definition) is 1. The molecule has 5 nitrogen and oxygen atoms in total. The second kappa shape index (κ2) is 7.72. The van der Waals surface area contributed by atoms with Crippen LogP contribution >= 0.6 is 12.4 Å². The number of rotatable bonds is 4. The number of piperidine rings is 1. The van der Waals surface area contributed by atoms with Crippen LogP contribution in [-0.2, 0) is 6.54 Å². The van der Waals surface area contributed by atoms with Crippen molar-refractivity contribution in [3.63, 3.8) is 0 Å². The van der Waals surface area contributed by atoms with Gasteiger partial charge in [-0.3, -0.25) is 4.90 Å². The molecule has 1 saturated heterocycles. The van der Waals surface area contributed by atoms with Gasteiger partial charge in [0, 0.05) is 17.6 Å². The summed E-state index contributed by atoms with van der Waals surface area (Å²) in [7, 11) is 0. The largest absolute Gasteiger partial charge is 0.338 e. The maximum Gasteiger partial charge on any atom is 0.241 e. The van der Waals surface area contributed by atoms with E-state index in [0.717, 1.165) is 18.5 Å². The number of aromatic nitrogens is 2. The number of hydrogen-bond acceptors (Lipinski definition) is 5. The number of likely N-dealkylation sites (tertiary alicyclic amines) is 1. The minimum Gasteiger partial charge on any atom is -0.338 e. The van der Waals surface area contributed by atoms with Crippen molar-refractivity contribution in [3.05, 3.63) is 36.2 Å². The van der Waals surface area contributed by atoms with E-state index in [9.17, 15) is 0 Å². The standard InChI is InChI=1S/C16H22N4O.ClH/c1-12(17)14-9-5-6-10-20(14)11-15-18-16(19-21-15)13-7-3-2-4-8-13;/h2-4,7-8,12,14H,5-6,9-11,17H2,1H3;1H. The molecule has 3 rings (SSSR count). The van der Waals surface area contributed by atoms with Gasteiger partial charge in [-0.1, -0.05) is 41.9 Å². The molecule has 1 aromatic heterocycles. The van der Waals surface area contributed by atoms with Crippen LogP contribution in [0.5, 0.6) is 0 Å². The Kier molecular flexibility index (Phi) is 5.94. The van der Waals surface area contributed by atoms with Crippen molar-refractivity contribution >= 4 is 12.4 Å². The topological polar surface area (TPSA) is 68.2 Å². The lowest BCUT2D eigenvalue weighted by Gasteiger charge is -2.37. The third-order valence-electron chi connectivity index (χ3n) is 4.11. The predicted octanol–water partition coefficient (Wildman–Crippen LogP) is 2.86. The molecule has 2 N–H and O–H groups in total. The minimum absolute atomic E-state index is 0. The maximum atomic E-state index is 6.10. The van der Waals surface area contributed by atoms with Gasteiger partial charge < -0.3 is 10.3 Å². The van der Waals surface area contributed by atoms with Crippen LogP contribution in [0.4, 0.5) is 0 Å². The van der Waals surface area contributed by atoms with E-state index in [1.807, 2.05) is 30.3 Å². The van der Waals surface area contributed by atoms with Crippen molar-refractivity contribution in [2.24, 2.45) is 5.73 Å². The molecule has 6 heteroatoms. The van der Waals surface area contributed by atoms with E-state index in [4.69, 9.17) is 10.3 Å². The maximum absolute atomic E-state index is 6.10. The fraction of sp³-hybridized carbons (Fsp3) is 0.500. The zero-order valence-corrected chi connectivity index (χ0v) is 13.6. The molecule has 0 spiro atoms.